The van der Waals surface area contributed by atoms with Crippen LogP contribution in [0.5, 0.6) is 17.2 Å². The zero-order chi connectivity index (χ0) is 28.6. The number of nitrogens with zero attached hydrogens (tertiary/aromatic N) is 1. The summed E-state index contributed by atoms with van der Waals surface area (Å²) in [7, 11) is 4.54. The van der Waals surface area contributed by atoms with E-state index in [0.717, 1.165) is 37.0 Å². The van der Waals surface area contributed by atoms with E-state index in [0.29, 0.717) is 34.1 Å². The number of ether oxygens (including phenoxy) is 3. The lowest BCUT2D eigenvalue weighted by molar-refractivity contribution is -0.127. The van der Waals surface area contributed by atoms with Crippen molar-refractivity contribution in [1.29, 1.82) is 0 Å². The van der Waals surface area contributed by atoms with Crippen LogP contribution in [0, 0.1) is 0 Å². The lowest BCUT2D eigenvalue weighted by Crippen LogP contribution is -2.47. The van der Waals surface area contributed by atoms with Gasteiger partial charge in [0, 0.05) is 22.2 Å². The molecule has 9 heteroatoms. The summed E-state index contributed by atoms with van der Waals surface area (Å²) in [4.78, 5) is 42.6. The summed E-state index contributed by atoms with van der Waals surface area (Å²) < 4.78 is 16.7. The SMILES string of the molecule is COc1cc([C@@H](C(=O)NC2CCCCC2)N(C(=O)Cc2cccs2)c2ccc(C(C)=O)cc2)cc(OC)c1OC. The first-order valence-electron chi connectivity index (χ1n) is 13.4. The van der Waals surface area contributed by atoms with Crippen molar-refractivity contribution in [2.24, 2.45) is 0 Å². The van der Waals surface area contributed by atoms with Crippen LogP contribution in [-0.2, 0) is 16.0 Å². The fourth-order valence-electron chi connectivity index (χ4n) is 5.15. The Morgan fingerprint density at radius 1 is 0.950 bits per heavy atom. The van der Waals surface area contributed by atoms with E-state index in [4.69, 9.17) is 14.2 Å². The van der Waals surface area contributed by atoms with Gasteiger partial charge in [0.25, 0.3) is 0 Å². The third-order valence-corrected chi connectivity index (χ3v) is 8.06. The lowest BCUT2D eigenvalue weighted by Gasteiger charge is -2.34. The van der Waals surface area contributed by atoms with Gasteiger partial charge >= 0.3 is 0 Å². The largest absolute Gasteiger partial charge is 0.493 e. The van der Waals surface area contributed by atoms with Crippen LogP contribution in [0.25, 0.3) is 0 Å². The molecule has 0 spiro atoms. The van der Waals surface area contributed by atoms with Crippen LogP contribution in [0.15, 0.2) is 53.9 Å². The molecule has 2 aromatic carbocycles. The van der Waals surface area contributed by atoms with E-state index in [1.165, 1.54) is 44.5 Å². The highest BCUT2D eigenvalue weighted by Gasteiger charge is 2.35. The van der Waals surface area contributed by atoms with E-state index >= 15 is 0 Å². The number of methoxy groups -OCH3 is 3. The van der Waals surface area contributed by atoms with Crippen LogP contribution in [0.4, 0.5) is 5.69 Å². The third-order valence-electron chi connectivity index (χ3n) is 7.19. The van der Waals surface area contributed by atoms with Crippen LogP contribution in [-0.4, -0.2) is 45.0 Å². The Kier molecular flexibility index (Phi) is 9.82. The molecule has 1 atom stereocenters. The van der Waals surface area contributed by atoms with E-state index in [9.17, 15) is 14.4 Å². The van der Waals surface area contributed by atoms with Gasteiger partial charge in [-0.25, -0.2) is 0 Å². The number of Topliss-reactive ketones (excluding diaryl/α,β-unsaturated/α-hetero) is 1. The summed E-state index contributed by atoms with van der Waals surface area (Å²) in [5, 5.41) is 5.14. The third kappa shape index (κ3) is 6.65. The van der Waals surface area contributed by atoms with Crippen molar-refractivity contribution in [1.82, 2.24) is 5.32 Å². The number of hydrogen-bond donors (Lipinski definition) is 1. The van der Waals surface area contributed by atoms with E-state index in [2.05, 4.69) is 5.32 Å². The Hall–Kier alpha value is -3.85. The predicted octanol–water partition coefficient (Wildman–Crippen LogP) is 5.74. The zero-order valence-electron chi connectivity index (χ0n) is 23.4. The van der Waals surface area contributed by atoms with Gasteiger partial charge in [0.15, 0.2) is 17.3 Å². The smallest absolute Gasteiger partial charge is 0.248 e. The van der Waals surface area contributed by atoms with Gasteiger partial charge in [-0.05, 0) is 73.2 Å². The molecule has 8 nitrogen and oxygen atoms in total. The Labute approximate surface area is 239 Å². The van der Waals surface area contributed by atoms with Crippen molar-refractivity contribution < 1.29 is 28.6 Å². The summed E-state index contributed by atoms with van der Waals surface area (Å²) in [5.41, 5.74) is 1.53. The molecular weight excluding hydrogens is 528 g/mol. The molecule has 1 saturated carbocycles. The molecule has 40 heavy (non-hydrogen) atoms. The summed E-state index contributed by atoms with van der Waals surface area (Å²) in [6.45, 7) is 1.49. The molecule has 3 aromatic rings. The van der Waals surface area contributed by atoms with Crippen LogP contribution in [0.1, 0.15) is 65.9 Å². The summed E-state index contributed by atoms with van der Waals surface area (Å²) >= 11 is 1.48. The first-order valence-corrected chi connectivity index (χ1v) is 14.3. The number of anilines is 1. The highest BCUT2D eigenvalue weighted by Crippen LogP contribution is 2.42. The molecular formula is C31H36N2O6S. The molecule has 1 aliphatic rings. The van der Waals surface area contributed by atoms with Crippen LogP contribution in [0.2, 0.25) is 0 Å². The second-order valence-corrected chi connectivity index (χ2v) is 10.9. The highest BCUT2D eigenvalue weighted by molar-refractivity contribution is 7.10. The van der Waals surface area contributed by atoms with E-state index in [-0.39, 0.29) is 30.1 Å². The fraction of sp³-hybridized carbons (Fsp3) is 0.387. The van der Waals surface area contributed by atoms with Gasteiger partial charge in [-0.1, -0.05) is 25.3 Å². The highest BCUT2D eigenvalue weighted by atomic mass is 32.1. The number of amides is 2. The molecule has 0 saturated heterocycles. The Morgan fingerprint density at radius 2 is 1.60 bits per heavy atom. The van der Waals surface area contributed by atoms with Crippen molar-refractivity contribution in [3.8, 4) is 17.2 Å². The topological polar surface area (TPSA) is 94.2 Å². The molecule has 1 N–H and O–H groups in total. The number of rotatable bonds is 11. The monoisotopic (exact) mass is 564 g/mol. The molecule has 0 bridgehead atoms. The van der Waals surface area contributed by atoms with Crippen molar-refractivity contribution in [3.63, 3.8) is 0 Å². The second-order valence-electron chi connectivity index (χ2n) is 9.83. The average molecular weight is 565 g/mol. The number of ketones is 1. The maximum absolute atomic E-state index is 14.2. The summed E-state index contributed by atoms with van der Waals surface area (Å²) in [5.74, 6) is 0.517. The molecule has 212 valence electrons. The van der Waals surface area contributed by atoms with Crippen molar-refractivity contribution in [2.45, 2.75) is 57.5 Å². The molecule has 1 fully saturated rings. The van der Waals surface area contributed by atoms with E-state index in [1.807, 2.05) is 17.5 Å². The van der Waals surface area contributed by atoms with Gasteiger partial charge in [-0.2, -0.15) is 0 Å². The minimum Gasteiger partial charge on any atom is -0.493 e. The Morgan fingerprint density at radius 3 is 2.12 bits per heavy atom. The zero-order valence-corrected chi connectivity index (χ0v) is 24.2. The first-order chi connectivity index (χ1) is 19.4. The number of benzene rings is 2. The van der Waals surface area contributed by atoms with Crippen LogP contribution in [0.3, 0.4) is 0 Å². The number of thiophene rings is 1. The quantitative estimate of drug-likeness (QED) is 0.299. The standard InChI is InChI=1S/C31H36N2O6S/c1-20(34)21-12-14-24(15-13-21)33(28(35)19-25-11-8-16-40-25)29(31(36)32-23-9-6-5-7-10-23)22-17-26(37-2)30(39-4)27(18-22)38-3/h8,11-18,23,29H,5-7,9-10,19H2,1-4H3,(H,32,36)/t29-/m0/s1. The molecule has 2 amide bonds. The Balaban J connectivity index is 1.86. The van der Waals surface area contributed by atoms with Gasteiger partial charge in [-0.3, -0.25) is 19.3 Å². The molecule has 0 radical (unpaired) electrons. The van der Waals surface area contributed by atoms with E-state index in [1.54, 1.807) is 36.4 Å². The summed E-state index contributed by atoms with van der Waals surface area (Å²) in [6, 6.07) is 13.0. The maximum atomic E-state index is 14.2. The second kappa shape index (κ2) is 13.5. The van der Waals surface area contributed by atoms with Crippen molar-refractivity contribution in [2.75, 3.05) is 26.2 Å². The van der Waals surface area contributed by atoms with Gasteiger partial charge in [0.2, 0.25) is 17.6 Å². The van der Waals surface area contributed by atoms with Crippen molar-refractivity contribution in [3.05, 3.63) is 69.9 Å². The summed E-state index contributed by atoms with van der Waals surface area (Å²) in [6.07, 6.45) is 5.15. The van der Waals surface area contributed by atoms with Crippen LogP contribution >= 0.6 is 11.3 Å². The van der Waals surface area contributed by atoms with Gasteiger partial charge in [0.1, 0.15) is 6.04 Å². The molecule has 0 unspecified atom stereocenters. The van der Waals surface area contributed by atoms with Crippen molar-refractivity contribution >= 4 is 34.6 Å². The molecule has 1 aromatic heterocycles. The van der Waals surface area contributed by atoms with E-state index < -0.39 is 6.04 Å². The molecule has 4 rings (SSSR count). The minimum atomic E-state index is -1.04. The van der Waals surface area contributed by atoms with Gasteiger partial charge in [0.05, 0.1) is 27.8 Å². The molecule has 1 aliphatic carbocycles. The normalized spacial score (nSPS) is 14.2. The van der Waals surface area contributed by atoms with Gasteiger partial charge < -0.3 is 19.5 Å². The lowest BCUT2D eigenvalue weighted by atomic mass is 9.94. The minimum absolute atomic E-state index is 0.0279. The predicted molar refractivity (Wildman–Crippen MR) is 156 cm³/mol. The number of carbonyl (C=O) groups excluding carboxylic acids is 3. The molecule has 1 heterocycles. The average Bonchev–Trinajstić information content (AvgIpc) is 3.48. The maximum Gasteiger partial charge on any atom is 0.248 e. The van der Waals surface area contributed by atoms with Crippen LogP contribution < -0.4 is 24.4 Å². The number of nitrogens with one attached hydrogen (secondary N) is 1. The number of carbonyl (C=O) groups is 3. The van der Waals surface area contributed by atoms with Gasteiger partial charge in [-0.15, -0.1) is 11.3 Å². The first kappa shape index (κ1) is 29.1. The fourth-order valence-corrected chi connectivity index (χ4v) is 5.84. The molecule has 0 aliphatic heterocycles. The number of hydrogen-bond acceptors (Lipinski definition) is 7. The Bertz CT molecular complexity index is 1290.